The summed E-state index contributed by atoms with van der Waals surface area (Å²) in [6.45, 7) is 1.83. The Morgan fingerprint density at radius 2 is 1.96 bits per heavy atom. The molecule has 0 saturated heterocycles. The summed E-state index contributed by atoms with van der Waals surface area (Å²) in [5, 5.41) is 4.15. The molecule has 0 bridgehead atoms. The van der Waals surface area contributed by atoms with Crippen LogP contribution in [0.25, 0.3) is 11.0 Å². The molecule has 2 aromatic carbocycles. The minimum absolute atomic E-state index is 0.00709. The maximum absolute atomic E-state index is 12.2. The Balaban J connectivity index is 1.73. The summed E-state index contributed by atoms with van der Waals surface area (Å²) < 4.78 is 5.51. The summed E-state index contributed by atoms with van der Waals surface area (Å²) in [6, 6.07) is 14.0. The van der Waals surface area contributed by atoms with Gasteiger partial charge in [0.15, 0.2) is 11.5 Å². The number of benzene rings is 2. The lowest BCUT2D eigenvalue weighted by Crippen LogP contribution is -2.22. The lowest BCUT2D eigenvalue weighted by atomic mass is 10.1. The number of carbonyl (C=O) groups excluding carboxylic acids is 2. The van der Waals surface area contributed by atoms with Crippen molar-refractivity contribution < 1.29 is 14.0 Å². The van der Waals surface area contributed by atoms with Gasteiger partial charge in [0.2, 0.25) is 0 Å². The van der Waals surface area contributed by atoms with Gasteiger partial charge in [0.1, 0.15) is 5.58 Å². The van der Waals surface area contributed by atoms with E-state index in [0.29, 0.717) is 22.7 Å². The second-order valence-corrected chi connectivity index (χ2v) is 5.67. The number of amides is 1. The lowest BCUT2D eigenvalue weighted by Gasteiger charge is -2.04. The molecule has 0 fully saturated rings. The van der Waals surface area contributed by atoms with Crippen LogP contribution in [0.3, 0.4) is 0 Å². The molecule has 1 aromatic heterocycles. The highest BCUT2D eigenvalue weighted by atomic mass is 35.5. The predicted octanol–water partition coefficient (Wildman–Crippen LogP) is 4.22. The smallest absolute Gasteiger partial charge is 0.287 e. The molecule has 23 heavy (non-hydrogen) atoms. The highest BCUT2D eigenvalue weighted by Crippen LogP contribution is 2.23. The zero-order valence-electron chi connectivity index (χ0n) is 12.4. The number of nitrogens with one attached hydrogen (secondary N) is 1. The average Bonchev–Trinajstić information content (AvgIpc) is 2.96. The minimum Gasteiger partial charge on any atom is -0.451 e. The molecule has 0 saturated carbocycles. The molecule has 0 spiro atoms. The molecule has 1 heterocycles. The SMILES string of the molecule is CC(=O)c1cccc(CNC(=O)c2cc3cc(Cl)ccc3o2)c1. The molecule has 0 aliphatic heterocycles. The topological polar surface area (TPSA) is 59.3 Å². The average molecular weight is 328 g/mol. The summed E-state index contributed by atoms with van der Waals surface area (Å²) >= 11 is 5.92. The van der Waals surface area contributed by atoms with Gasteiger partial charge in [0.25, 0.3) is 5.91 Å². The Bertz CT molecular complexity index is 898. The summed E-state index contributed by atoms with van der Waals surface area (Å²) in [5.41, 5.74) is 2.08. The Hall–Kier alpha value is -2.59. The highest BCUT2D eigenvalue weighted by Gasteiger charge is 2.12. The molecule has 3 rings (SSSR count). The molecule has 0 aliphatic carbocycles. The molecule has 1 amide bonds. The molecular weight excluding hydrogens is 314 g/mol. The molecule has 4 nitrogen and oxygen atoms in total. The van der Waals surface area contributed by atoms with Crippen LogP contribution in [0.2, 0.25) is 5.02 Å². The Kier molecular flexibility index (Phi) is 4.17. The van der Waals surface area contributed by atoms with E-state index in [2.05, 4.69) is 5.32 Å². The van der Waals surface area contributed by atoms with E-state index in [1.54, 1.807) is 42.5 Å². The fourth-order valence-electron chi connectivity index (χ4n) is 2.30. The zero-order chi connectivity index (χ0) is 16.4. The molecule has 0 atom stereocenters. The fraction of sp³-hybridized carbons (Fsp3) is 0.111. The third-order valence-corrected chi connectivity index (χ3v) is 3.72. The van der Waals surface area contributed by atoms with Crippen molar-refractivity contribution in [2.75, 3.05) is 0 Å². The number of hydrogen-bond acceptors (Lipinski definition) is 3. The van der Waals surface area contributed by atoms with Gasteiger partial charge in [-0.1, -0.05) is 29.8 Å². The number of Topliss-reactive ketones (excluding diaryl/α,β-unsaturated/α-hetero) is 1. The van der Waals surface area contributed by atoms with Crippen molar-refractivity contribution in [1.29, 1.82) is 0 Å². The maximum Gasteiger partial charge on any atom is 0.287 e. The van der Waals surface area contributed by atoms with Crippen molar-refractivity contribution in [2.24, 2.45) is 0 Å². The number of hydrogen-bond donors (Lipinski definition) is 1. The van der Waals surface area contributed by atoms with Crippen LogP contribution < -0.4 is 5.32 Å². The largest absolute Gasteiger partial charge is 0.451 e. The normalized spacial score (nSPS) is 10.7. The quantitative estimate of drug-likeness (QED) is 0.730. The molecule has 3 aromatic rings. The monoisotopic (exact) mass is 327 g/mol. The first-order valence-electron chi connectivity index (χ1n) is 7.10. The van der Waals surface area contributed by atoms with Gasteiger partial charge in [0.05, 0.1) is 0 Å². The summed E-state index contributed by atoms with van der Waals surface area (Å²) in [7, 11) is 0. The lowest BCUT2D eigenvalue weighted by molar-refractivity contribution is 0.0925. The van der Waals surface area contributed by atoms with Gasteiger partial charge < -0.3 is 9.73 Å². The van der Waals surface area contributed by atoms with Crippen LogP contribution in [0.5, 0.6) is 0 Å². The minimum atomic E-state index is -0.314. The van der Waals surface area contributed by atoms with E-state index in [1.165, 1.54) is 6.92 Å². The second-order valence-electron chi connectivity index (χ2n) is 5.23. The summed E-state index contributed by atoms with van der Waals surface area (Å²) in [6.07, 6.45) is 0. The van der Waals surface area contributed by atoms with Crippen molar-refractivity contribution >= 4 is 34.3 Å². The van der Waals surface area contributed by atoms with Crippen molar-refractivity contribution in [1.82, 2.24) is 5.32 Å². The maximum atomic E-state index is 12.2. The van der Waals surface area contributed by atoms with Crippen LogP contribution in [0.15, 0.2) is 52.9 Å². The summed E-state index contributed by atoms with van der Waals surface area (Å²) in [4.78, 5) is 23.6. The van der Waals surface area contributed by atoms with Gasteiger partial charge in [-0.25, -0.2) is 0 Å². The van der Waals surface area contributed by atoms with Crippen LogP contribution >= 0.6 is 11.6 Å². The number of fused-ring (bicyclic) bond motifs is 1. The van der Waals surface area contributed by atoms with Crippen LogP contribution in [-0.4, -0.2) is 11.7 Å². The number of ketones is 1. The molecule has 5 heteroatoms. The van der Waals surface area contributed by atoms with Crippen molar-refractivity contribution in [2.45, 2.75) is 13.5 Å². The van der Waals surface area contributed by atoms with E-state index >= 15 is 0 Å². The Morgan fingerprint density at radius 1 is 1.13 bits per heavy atom. The Morgan fingerprint density at radius 3 is 2.74 bits per heavy atom. The molecule has 116 valence electrons. The molecule has 1 N–H and O–H groups in total. The molecule has 0 radical (unpaired) electrons. The van der Waals surface area contributed by atoms with E-state index in [1.807, 2.05) is 6.07 Å². The highest BCUT2D eigenvalue weighted by molar-refractivity contribution is 6.31. The van der Waals surface area contributed by atoms with Crippen LogP contribution in [0, 0.1) is 0 Å². The van der Waals surface area contributed by atoms with Gasteiger partial charge in [-0.05, 0) is 42.8 Å². The van der Waals surface area contributed by atoms with Gasteiger partial charge in [-0.3, -0.25) is 9.59 Å². The fourth-order valence-corrected chi connectivity index (χ4v) is 2.48. The van der Waals surface area contributed by atoms with Crippen molar-refractivity contribution in [3.63, 3.8) is 0 Å². The van der Waals surface area contributed by atoms with E-state index < -0.39 is 0 Å². The van der Waals surface area contributed by atoms with Gasteiger partial charge in [0, 0.05) is 22.5 Å². The Labute approximate surface area is 138 Å². The van der Waals surface area contributed by atoms with E-state index in [9.17, 15) is 9.59 Å². The van der Waals surface area contributed by atoms with Gasteiger partial charge in [-0.15, -0.1) is 0 Å². The number of carbonyl (C=O) groups is 2. The third kappa shape index (κ3) is 3.43. The zero-order valence-corrected chi connectivity index (χ0v) is 13.2. The van der Waals surface area contributed by atoms with E-state index in [-0.39, 0.29) is 17.5 Å². The molecule has 0 unspecified atom stereocenters. The van der Waals surface area contributed by atoms with Crippen molar-refractivity contribution in [3.8, 4) is 0 Å². The van der Waals surface area contributed by atoms with Gasteiger partial charge in [-0.2, -0.15) is 0 Å². The third-order valence-electron chi connectivity index (χ3n) is 3.49. The van der Waals surface area contributed by atoms with Crippen LogP contribution in [-0.2, 0) is 6.54 Å². The van der Waals surface area contributed by atoms with E-state index in [0.717, 1.165) is 10.9 Å². The molecule has 0 aliphatic rings. The van der Waals surface area contributed by atoms with Crippen LogP contribution in [0.4, 0.5) is 0 Å². The number of rotatable bonds is 4. The van der Waals surface area contributed by atoms with Crippen LogP contribution in [0.1, 0.15) is 33.4 Å². The second kappa shape index (κ2) is 6.26. The predicted molar refractivity (Wildman–Crippen MR) is 88.8 cm³/mol. The van der Waals surface area contributed by atoms with Gasteiger partial charge >= 0.3 is 0 Å². The number of halogens is 1. The summed E-state index contributed by atoms with van der Waals surface area (Å²) in [5.74, 6) is -0.0946. The first-order valence-corrected chi connectivity index (χ1v) is 7.48. The van der Waals surface area contributed by atoms with E-state index in [4.69, 9.17) is 16.0 Å². The standard InChI is InChI=1S/C18H14ClNO3/c1-11(21)13-4-2-3-12(7-13)10-20-18(22)17-9-14-8-15(19)5-6-16(14)23-17/h2-9H,10H2,1H3,(H,20,22). The van der Waals surface area contributed by atoms with Crippen molar-refractivity contribution in [3.05, 3.63) is 70.4 Å². The first kappa shape index (κ1) is 15.3. The molecular formula is C18H14ClNO3. The number of furan rings is 1. The first-order chi connectivity index (χ1) is 11.0.